The van der Waals surface area contributed by atoms with Gasteiger partial charge in [0.05, 0.1) is 0 Å². The van der Waals surface area contributed by atoms with Crippen LogP contribution in [0.3, 0.4) is 0 Å². The van der Waals surface area contributed by atoms with Crippen LogP contribution in [0.15, 0.2) is 42.5 Å². The minimum atomic E-state index is -0.599. The summed E-state index contributed by atoms with van der Waals surface area (Å²) in [6.07, 6.45) is 6.65. The van der Waals surface area contributed by atoms with Crippen LogP contribution in [0.4, 0.5) is 0 Å². The predicted molar refractivity (Wildman–Crippen MR) is 136 cm³/mol. The first-order chi connectivity index (χ1) is 15.9. The minimum absolute atomic E-state index is 0.112. The Balaban J connectivity index is 1.81. The molecular weight excluding hydrogens is 479 g/mol. The molecule has 3 rings (SSSR count). The molecule has 0 saturated heterocycles. The molecule has 0 unspecified atom stereocenters. The molecule has 1 atom stereocenters. The molecule has 33 heavy (non-hydrogen) atoms. The third-order valence-electron chi connectivity index (χ3n) is 6.29. The van der Waals surface area contributed by atoms with Gasteiger partial charge in [0.2, 0.25) is 11.8 Å². The number of aryl methyl sites for hydroxylation is 1. The molecule has 2 aromatic carbocycles. The summed E-state index contributed by atoms with van der Waals surface area (Å²) in [6.45, 7) is 2.10. The Morgan fingerprint density at radius 1 is 0.970 bits per heavy atom. The van der Waals surface area contributed by atoms with Crippen LogP contribution in [-0.2, 0) is 22.6 Å². The van der Waals surface area contributed by atoms with Crippen LogP contribution in [0.25, 0.3) is 0 Å². The number of halogens is 3. The fourth-order valence-electron chi connectivity index (χ4n) is 4.40. The summed E-state index contributed by atoms with van der Waals surface area (Å²) in [7, 11) is 0. The zero-order valence-corrected chi connectivity index (χ0v) is 21.2. The van der Waals surface area contributed by atoms with Gasteiger partial charge in [-0.25, -0.2) is 0 Å². The van der Waals surface area contributed by atoms with E-state index < -0.39 is 6.04 Å². The third-order valence-corrected chi connectivity index (χ3v) is 7.37. The van der Waals surface area contributed by atoms with E-state index in [1.807, 2.05) is 31.2 Å². The lowest BCUT2D eigenvalue weighted by atomic mass is 9.95. The topological polar surface area (TPSA) is 49.4 Å². The van der Waals surface area contributed by atoms with Crippen LogP contribution in [-0.4, -0.2) is 28.8 Å². The summed E-state index contributed by atoms with van der Waals surface area (Å²) in [6, 6.07) is 12.3. The molecule has 1 aliphatic carbocycles. The van der Waals surface area contributed by atoms with E-state index in [9.17, 15) is 9.59 Å². The average molecular weight is 510 g/mol. The Kier molecular flexibility index (Phi) is 9.91. The van der Waals surface area contributed by atoms with Crippen molar-refractivity contribution in [3.8, 4) is 0 Å². The molecule has 0 aromatic heterocycles. The largest absolute Gasteiger partial charge is 0.352 e. The second-order valence-corrected chi connectivity index (χ2v) is 9.80. The maximum atomic E-state index is 13.5. The first-order valence-electron chi connectivity index (χ1n) is 11.7. The maximum Gasteiger partial charge on any atom is 0.243 e. The molecule has 1 saturated carbocycles. The average Bonchev–Trinajstić information content (AvgIpc) is 2.80. The summed E-state index contributed by atoms with van der Waals surface area (Å²) >= 11 is 19.1. The van der Waals surface area contributed by atoms with E-state index in [2.05, 4.69) is 5.32 Å². The lowest BCUT2D eigenvalue weighted by molar-refractivity contribution is -0.141. The fraction of sp³-hybridized carbons (Fsp3) is 0.462. The van der Waals surface area contributed by atoms with Crippen LogP contribution in [0, 0.1) is 0 Å². The molecule has 1 fully saturated rings. The highest BCUT2D eigenvalue weighted by atomic mass is 35.5. The Hall–Kier alpha value is -1.75. The molecule has 4 nitrogen and oxygen atoms in total. The molecule has 1 N–H and O–H groups in total. The molecule has 0 heterocycles. The molecule has 2 aromatic rings. The zero-order valence-electron chi connectivity index (χ0n) is 19.0. The van der Waals surface area contributed by atoms with Crippen molar-refractivity contribution >= 4 is 46.6 Å². The summed E-state index contributed by atoms with van der Waals surface area (Å²) in [5.41, 5.74) is 1.55. The lowest BCUT2D eigenvalue weighted by Gasteiger charge is -2.33. The van der Waals surface area contributed by atoms with Gasteiger partial charge in [-0.2, -0.15) is 0 Å². The molecule has 0 radical (unpaired) electrons. The van der Waals surface area contributed by atoms with Gasteiger partial charge in [-0.15, -0.1) is 0 Å². The molecule has 0 spiro atoms. The Morgan fingerprint density at radius 2 is 1.61 bits per heavy atom. The highest BCUT2D eigenvalue weighted by Crippen LogP contribution is 2.28. The fourth-order valence-corrected chi connectivity index (χ4v) is 5.15. The van der Waals surface area contributed by atoms with Crippen molar-refractivity contribution in [3.05, 3.63) is 68.7 Å². The monoisotopic (exact) mass is 508 g/mol. The van der Waals surface area contributed by atoms with Crippen LogP contribution in [0.5, 0.6) is 0 Å². The summed E-state index contributed by atoms with van der Waals surface area (Å²) in [5.74, 6) is -0.241. The quantitative estimate of drug-likeness (QED) is 0.402. The number of rotatable bonds is 9. The van der Waals surface area contributed by atoms with E-state index in [4.69, 9.17) is 34.8 Å². The molecule has 178 valence electrons. The number of carbonyl (C=O) groups excluding carboxylic acids is 2. The van der Waals surface area contributed by atoms with Gasteiger partial charge >= 0.3 is 0 Å². The third kappa shape index (κ3) is 7.11. The SMILES string of the molecule is CC[C@H](C(=O)NC1CCCCC1)N(Cc1c(Cl)cccc1Cl)C(=O)CCc1ccccc1Cl. The van der Waals surface area contributed by atoms with Crippen molar-refractivity contribution in [1.29, 1.82) is 0 Å². The minimum Gasteiger partial charge on any atom is -0.352 e. The first kappa shape index (κ1) is 25.9. The molecule has 7 heteroatoms. The van der Waals surface area contributed by atoms with Crippen molar-refractivity contribution in [1.82, 2.24) is 10.2 Å². The highest BCUT2D eigenvalue weighted by Gasteiger charge is 2.31. The van der Waals surface area contributed by atoms with E-state index in [-0.39, 0.29) is 30.8 Å². The van der Waals surface area contributed by atoms with Crippen LogP contribution in [0.2, 0.25) is 15.1 Å². The van der Waals surface area contributed by atoms with E-state index in [1.165, 1.54) is 6.42 Å². The van der Waals surface area contributed by atoms with Gasteiger partial charge in [0, 0.05) is 39.6 Å². The summed E-state index contributed by atoms with van der Waals surface area (Å²) in [5, 5.41) is 4.78. The van der Waals surface area contributed by atoms with Gasteiger partial charge in [0.1, 0.15) is 6.04 Å². The Labute approximate surface area is 211 Å². The number of hydrogen-bond acceptors (Lipinski definition) is 2. The molecular formula is C26H31Cl3N2O2. The number of hydrogen-bond donors (Lipinski definition) is 1. The summed E-state index contributed by atoms with van der Waals surface area (Å²) in [4.78, 5) is 28.4. The van der Waals surface area contributed by atoms with Crippen LogP contribution < -0.4 is 5.32 Å². The van der Waals surface area contributed by atoms with Gasteiger partial charge in [-0.05, 0) is 49.4 Å². The van der Waals surface area contributed by atoms with Crippen LogP contribution in [0.1, 0.15) is 63.0 Å². The lowest BCUT2D eigenvalue weighted by Crippen LogP contribution is -2.51. The molecule has 0 bridgehead atoms. The van der Waals surface area contributed by atoms with Crippen molar-refractivity contribution < 1.29 is 9.59 Å². The van der Waals surface area contributed by atoms with Crippen molar-refractivity contribution in [2.24, 2.45) is 0 Å². The molecule has 2 amide bonds. The number of benzene rings is 2. The Morgan fingerprint density at radius 3 is 2.24 bits per heavy atom. The van der Waals surface area contributed by atoms with Crippen molar-refractivity contribution in [2.75, 3.05) is 0 Å². The number of carbonyl (C=O) groups is 2. The second kappa shape index (κ2) is 12.6. The van der Waals surface area contributed by atoms with E-state index >= 15 is 0 Å². The Bertz CT molecular complexity index is 940. The van der Waals surface area contributed by atoms with Crippen molar-refractivity contribution in [3.63, 3.8) is 0 Å². The number of amides is 2. The van der Waals surface area contributed by atoms with Gasteiger partial charge in [0.15, 0.2) is 0 Å². The molecule has 0 aliphatic heterocycles. The zero-order chi connectivity index (χ0) is 23.8. The first-order valence-corrected chi connectivity index (χ1v) is 12.8. The maximum absolute atomic E-state index is 13.5. The predicted octanol–water partition coefficient (Wildman–Crippen LogP) is 6.84. The highest BCUT2D eigenvalue weighted by molar-refractivity contribution is 6.36. The van der Waals surface area contributed by atoms with E-state index in [0.29, 0.717) is 33.5 Å². The van der Waals surface area contributed by atoms with Gasteiger partial charge in [0.25, 0.3) is 0 Å². The number of nitrogens with one attached hydrogen (secondary N) is 1. The van der Waals surface area contributed by atoms with E-state index in [1.54, 1.807) is 23.1 Å². The van der Waals surface area contributed by atoms with Gasteiger partial charge in [-0.3, -0.25) is 9.59 Å². The van der Waals surface area contributed by atoms with Gasteiger partial charge < -0.3 is 10.2 Å². The smallest absolute Gasteiger partial charge is 0.243 e. The normalized spacial score (nSPS) is 15.2. The second-order valence-electron chi connectivity index (χ2n) is 8.58. The van der Waals surface area contributed by atoms with Gasteiger partial charge in [-0.1, -0.05) is 85.3 Å². The summed E-state index contributed by atoms with van der Waals surface area (Å²) < 4.78 is 0. The standard InChI is InChI=1S/C26H31Cl3N2O2/c1-2-24(26(33)30-19-10-4-3-5-11-19)31(17-20-22(28)13-8-14-23(20)29)25(32)16-15-18-9-6-7-12-21(18)27/h6-9,12-14,19,24H,2-5,10-11,15-17H2,1H3,(H,30,33)/t24-/m1/s1. The molecule has 1 aliphatic rings. The number of nitrogens with zero attached hydrogens (tertiary/aromatic N) is 1. The van der Waals surface area contributed by atoms with E-state index in [0.717, 1.165) is 31.2 Å². The van der Waals surface area contributed by atoms with Crippen molar-refractivity contribution in [2.45, 2.75) is 76.9 Å². The van der Waals surface area contributed by atoms with Crippen LogP contribution >= 0.6 is 34.8 Å².